The largest absolute Gasteiger partial charge is 0.427 e. The molecule has 20 heavy (non-hydrogen) atoms. The molecule has 2 nitrogen and oxygen atoms in total. The summed E-state index contributed by atoms with van der Waals surface area (Å²) in [6.07, 6.45) is 7.44. The highest BCUT2D eigenvalue weighted by Crippen LogP contribution is 2.34. The molecule has 0 amide bonds. The average Bonchev–Trinajstić information content (AvgIpc) is 2.44. The van der Waals surface area contributed by atoms with Crippen molar-refractivity contribution in [2.24, 2.45) is 5.41 Å². The topological polar surface area (TPSA) is 26.3 Å². The van der Waals surface area contributed by atoms with Crippen LogP contribution in [0.5, 0.6) is 5.75 Å². The second kappa shape index (κ2) is 8.78. The smallest absolute Gasteiger partial charge is 0.311 e. The predicted octanol–water partition coefficient (Wildman–Crippen LogP) is 5.37. The van der Waals surface area contributed by atoms with Gasteiger partial charge in [0.05, 0.1) is 6.42 Å². The monoisotopic (exact) mass is 276 g/mol. The fourth-order valence-corrected chi connectivity index (χ4v) is 2.51. The van der Waals surface area contributed by atoms with Crippen LogP contribution in [0, 0.1) is 5.41 Å². The van der Waals surface area contributed by atoms with Gasteiger partial charge in [0, 0.05) is 0 Å². The number of ether oxygens (including phenoxy) is 1. The Bertz CT molecular complexity index is 376. The minimum Gasteiger partial charge on any atom is -0.427 e. The van der Waals surface area contributed by atoms with E-state index in [9.17, 15) is 4.79 Å². The van der Waals surface area contributed by atoms with Gasteiger partial charge in [0.1, 0.15) is 5.75 Å². The lowest BCUT2D eigenvalue weighted by molar-refractivity contribution is -0.137. The van der Waals surface area contributed by atoms with Crippen molar-refractivity contribution in [2.45, 2.75) is 65.7 Å². The van der Waals surface area contributed by atoms with Crippen LogP contribution in [0.2, 0.25) is 0 Å². The minimum absolute atomic E-state index is 0.0812. The Kier molecular flexibility index (Phi) is 7.35. The number of hydrogen-bond acceptors (Lipinski definition) is 2. The molecule has 0 aromatic heterocycles. The van der Waals surface area contributed by atoms with E-state index in [1.807, 2.05) is 30.3 Å². The van der Waals surface area contributed by atoms with Crippen molar-refractivity contribution >= 4 is 5.97 Å². The highest BCUT2D eigenvalue weighted by Gasteiger charge is 2.27. The fourth-order valence-electron chi connectivity index (χ4n) is 2.51. The Morgan fingerprint density at radius 1 is 1.05 bits per heavy atom. The lowest BCUT2D eigenvalue weighted by Crippen LogP contribution is -2.24. The number of carbonyl (C=O) groups excluding carboxylic acids is 1. The van der Waals surface area contributed by atoms with E-state index in [0.717, 1.165) is 12.8 Å². The van der Waals surface area contributed by atoms with Crippen LogP contribution < -0.4 is 4.74 Å². The summed E-state index contributed by atoms with van der Waals surface area (Å²) < 4.78 is 5.43. The molecule has 0 saturated heterocycles. The zero-order valence-corrected chi connectivity index (χ0v) is 13.2. The third-order valence-corrected chi connectivity index (χ3v) is 3.81. The summed E-state index contributed by atoms with van der Waals surface area (Å²) in [5.74, 6) is 0.539. The molecule has 2 heteroatoms. The van der Waals surface area contributed by atoms with Crippen LogP contribution in [0.25, 0.3) is 0 Å². The molecule has 0 fully saturated rings. The van der Waals surface area contributed by atoms with E-state index in [1.165, 1.54) is 25.7 Å². The molecular formula is C18H28O2. The van der Waals surface area contributed by atoms with Gasteiger partial charge < -0.3 is 4.74 Å². The lowest BCUT2D eigenvalue weighted by atomic mass is 9.77. The summed E-state index contributed by atoms with van der Waals surface area (Å²) in [7, 11) is 0. The molecule has 0 saturated carbocycles. The maximum absolute atomic E-state index is 12.1. The number of unbranched alkanes of at least 4 members (excludes halogenated alkanes) is 2. The summed E-state index contributed by atoms with van der Waals surface area (Å²) in [4.78, 5) is 12.1. The Balaban J connectivity index is 2.56. The van der Waals surface area contributed by atoms with E-state index in [0.29, 0.717) is 12.2 Å². The van der Waals surface area contributed by atoms with Crippen molar-refractivity contribution in [2.75, 3.05) is 0 Å². The first kappa shape index (κ1) is 16.7. The molecule has 112 valence electrons. The first-order valence-corrected chi connectivity index (χ1v) is 7.85. The minimum atomic E-state index is -0.106. The molecule has 0 heterocycles. The predicted molar refractivity (Wildman–Crippen MR) is 83.9 cm³/mol. The zero-order chi connectivity index (χ0) is 14.8. The van der Waals surface area contributed by atoms with Gasteiger partial charge in [-0.15, -0.1) is 0 Å². The van der Waals surface area contributed by atoms with Crippen LogP contribution in [0.3, 0.4) is 0 Å². The lowest BCUT2D eigenvalue weighted by Gasteiger charge is -2.28. The standard InChI is InChI=1S/C18H28O2/c1-4-6-13-18(3,14-7-5-2)15-17(19)20-16-11-9-8-10-12-16/h8-12H,4-7,13-15H2,1-3H3. The molecule has 0 atom stereocenters. The Morgan fingerprint density at radius 2 is 1.60 bits per heavy atom. The van der Waals surface area contributed by atoms with E-state index in [1.54, 1.807) is 0 Å². The molecule has 1 rings (SSSR count). The summed E-state index contributed by atoms with van der Waals surface area (Å²) in [6.45, 7) is 6.62. The van der Waals surface area contributed by atoms with Crippen LogP contribution in [0.15, 0.2) is 30.3 Å². The van der Waals surface area contributed by atoms with E-state index >= 15 is 0 Å². The maximum Gasteiger partial charge on any atom is 0.311 e. The van der Waals surface area contributed by atoms with Gasteiger partial charge in [0.15, 0.2) is 0 Å². The molecule has 0 aliphatic carbocycles. The number of esters is 1. The Hall–Kier alpha value is -1.31. The number of benzene rings is 1. The number of para-hydroxylation sites is 1. The van der Waals surface area contributed by atoms with Crippen LogP contribution in [0.4, 0.5) is 0 Å². The average molecular weight is 276 g/mol. The highest BCUT2D eigenvalue weighted by molar-refractivity contribution is 5.73. The van der Waals surface area contributed by atoms with Crippen LogP contribution in [0.1, 0.15) is 65.7 Å². The van der Waals surface area contributed by atoms with Crippen molar-refractivity contribution in [3.8, 4) is 5.75 Å². The van der Waals surface area contributed by atoms with Gasteiger partial charge >= 0.3 is 5.97 Å². The van der Waals surface area contributed by atoms with Crippen LogP contribution in [-0.4, -0.2) is 5.97 Å². The molecule has 0 aliphatic rings. The number of carbonyl (C=O) groups is 1. The number of rotatable bonds is 9. The van der Waals surface area contributed by atoms with Crippen LogP contribution >= 0.6 is 0 Å². The van der Waals surface area contributed by atoms with Crippen molar-refractivity contribution in [1.82, 2.24) is 0 Å². The second-order valence-corrected chi connectivity index (χ2v) is 5.98. The van der Waals surface area contributed by atoms with E-state index in [-0.39, 0.29) is 11.4 Å². The molecule has 1 aromatic rings. The zero-order valence-electron chi connectivity index (χ0n) is 13.2. The van der Waals surface area contributed by atoms with Gasteiger partial charge in [0.2, 0.25) is 0 Å². The third-order valence-electron chi connectivity index (χ3n) is 3.81. The molecule has 0 unspecified atom stereocenters. The van der Waals surface area contributed by atoms with Gasteiger partial charge in [-0.2, -0.15) is 0 Å². The van der Waals surface area contributed by atoms with Gasteiger partial charge in [0.25, 0.3) is 0 Å². The van der Waals surface area contributed by atoms with E-state index in [2.05, 4.69) is 20.8 Å². The summed E-state index contributed by atoms with van der Waals surface area (Å²) in [5, 5.41) is 0. The molecule has 0 spiro atoms. The van der Waals surface area contributed by atoms with Crippen LogP contribution in [-0.2, 0) is 4.79 Å². The molecule has 1 aromatic carbocycles. The van der Waals surface area contributed by atoms with Gasteiger partial charge in [-0.05, 0) is 30.4 Å². The molecule has 0 radical (unpaired) electrons. The van der Waals surface area contributed by atoms with Crippen molar-refractivity contribution < 1.29 is 9.53 Å². The summed E-state index contributed by atoms with van der Waals surface area (Å²) >= 11 is 0. The Labute approximate surface area is 123 Å². The van der Waals surface area contributed by atoms with E-state index in [4.69, 9.17) is 4.74 Å². The normalized spacial score (nSPS) is 11.3. The van der Waals surface area contributed by atoms with Crippen molar-refractivity contribution in [3.63, 3.8) is 0 Å². The molecular weight excluding hydrogens is 248 g/mol. The van der Waals surface area contributed by atoms with E-state index < -0.39 is 0 Å². The number of hydrogen-bond donors (Lipinski definition) is 0. The molecule has 0 bridgehead atoms. The SMILES string of the molecule is CCCCC(C)(CCCC)CC(=O)Oc1ccccc1. The Morgan fingerprint density at radius 3 is 2.10 bits per heavy atom. The third kappa shape index (κ3) is 6.23. The van der Waals surface area contributed by atoms with Gasteiger partial charge in [-0.1, -0.05) is 64.7 Å². The van der Waals surface area contributed by atoms with Gasteiger partial charge in [-0.3, -0.25) is 4.79 Å². The van der Waals surface area contributed by atoms with Crippen molar-refractivity contribution in [1.29, 1.82) is 0 Å². The maximum atomic E-state index is 12.1. The molecule has 0 aliphatic heterocycles. The first-order chi connectivity index (χ1) is 9.59. The highest BCUT2D eigenvalue weighted by atomic mass is 16.5. The van der Waals surface area contributed by atoms with Crippen molar-refractivity contribution in [3.05, 3.63) is 30.3 Å². The second-order valence-electron chi connectivity index (χ2n) is 5.98. The quantitative estimate of drug-likeness (QED) is 0.448. The molecule has 0 N–H and O–H groups in total. The fraction of sp³-hybridized carbons (Fsp3) is 0.611. The summed E-state index contributed by atoms with van der Waals surface area (Å²) in [6, 6.07) is 9.34. The summed E-state index contributed by atoms with van der Waals surface area (Å²) in [5.41, 5.74) is 0.0812. The first-order valence-electron chi connectivity index (χ1n) is 7.85. The van der Waals surface area contributed by atoms with Gasteiger partial charge in [-0.25, -0.2) is 0 Å².